The summed E-state index contributed by atoms with van der Waals surface area (Å²) in [6.45, 7) is 0. The molecule has 0 aliphatic rings. The van der Waals surface area contributed by atoms with Gasteiger partial charge in [-0.15, -0.1) is 0 Å². The van der Waals surface area contributed by atoms with E-state index in [1.54, 1.807) is 19.5 Å². The lowest BCUT2D eigenvalue weighted by Crippen LogP contribution is -2.15. The zero-order chi connectivity index (χ0) is 13.0. The van der Waals surface area contributed by atoms with Gasteiger partial charge in [-0.3, -0.25) is 4.98 Å². The third-order valence-corrected chi connectivity index (χ3v) is 3.08. The summed E-state index contributed by atoms with van der Waals surface area (Å²) in [5, 5.41) is 0. The first-order chi connectivity index (χ1) is 8.70. The predicted octanol–water partition coefficient (Wildman–Crippen LogP) is 2.49. The molecule has 0 fully saturated rings. The molecule has 0 saturated carbocycles. The second-order valence-corrected chi connectivity index (χ2v) is 4.80. The lowest BCUT2D eigenvalue weighted by Gasteiger charge is -2.14. The van der Waals surface area contributed by atoms with E-state index in [9.17, 15) is 0 Å². The Morgan fingerprint density at radius 3 is 2.83 bits per heavy atom. The van der Waals surface area contributed by atoms with Crippen LogP contribution < -0.4 is 10.5 Å². The molecule has 18 heavy (non-hydrogen) atoms. The maximum Gasteiger partial charge on any atom is 0.217 e. The monoisotopic (exact) mass is 307 g/mol. The first kappa shape index (κ1) is 13.0. The SMILES string of the molecule is COc1ncccc1C(N)Cc1ccc(Br)cn1. The molecule has 2 N–H and O–H groups in total. The van der Waals surface area contributed by atoms with Gasteiger partial charge in [0.1, 0.15) is 0 Å². The third kappa shape index (κ3) is 3.05. The maximum absolute atomic E-state index is 6.17. The Hall–Kier alpha value is -1.46. The van der Waals surface area contributed by atoms with Crippen LogP contribution in [0, 0.1) is 0 Å². The van der Waals surface area contributed by atoms with Crippen LogP contribution >= 0.6 is 15.9 Å². The molecule has 0 amide bonds. The van der Waals surface area contributed by atoms with Crippen molar-refractivity contribution in [3.8, 4) is 5.88 Å². The lowest BCUT2D eigenvalue weighted by molar-refractivity contribution is 0.388. The van der Waals surface area contributed by atoms with Gasteiger partial charge in [-0.25, -0.2) is 4.98 Å². The van der Waals surface area contributed by atoms with E-state index in [4.69, 9.17) is 10.5 Å². The minimum Gasteiger partial charge on any atom is -0.481 e. The summed E-state index contributed by atoms with van der Waals surface area (Å²) >= 11 is 3.36. The fourth-order valence-corrected chi connectivity index (χ4v) is 1.95. The van der Waals surface area contributed by atoms with Crippen LogP contribution in [0.25, 0.3) is 0 Å². The van der Waals surface area contributed by atoms with Gasteiger partial charge < -0.3 is 10.5 Å². The highest BCUT2D eigenvalue weighted by Crippen LogP contribution is 2.23. The third-order valence-electron chi connectivity index (χ3n) is 2.61. The summed E-state index contributed by atoms with van der Waals surface area (Å²) in [5.74, 6) is 0.571. The van der Waals surface area contributed by atoms with Gasteiger partial charge in [0, 0.05) is 40.6 Å². The molecule has 2 aromatic rings. The molecule has 0 spiro atoms. The number of halogens is 1. The van der Waals surface area contributed by atoms with E-state index in [0.29, 0.717) is 12.3 Å². The average molecular weight is 308 g/mol. The molecule has 2 heterocycles. The number of hydrogen-bond acceptors (Lipinski definition) is 4. The second kappa shape index (κ2) is 5.93. The van der Waals surface area contributed by atoms with E-state index in [2.05, 4.69) is 25.9 Å². The van der Waals surface area contributed by atoms with E-state index in [-0.39, 0.29) is 6.04 Å². The molecule has 0 aromatic carbocycles. The van der Waals surface area contributed by atoms with E-state index in [1.807, 2.05) is 24.3 Å². The summed E-state index contributed by atoms with van der Waals surface area (Å²) in [6.07, 6.45) is 4.10. The van der Waals surface area contributed by atoms with Crippen LogP contribution in [0.3, 0.4) is 0 Å². The second-order valence-electron chi connectivity index (χ2n) is 3.88. The largest absolute Gasteiger partial charge is 0.481 e. The summed E-state index contributed by atoms with van der Waals surface area (Å²) in [7, 11) is 1.59. The fraction of sp³-hybridized carbons (Fsp3) is 0.231. The number of nitrogens with zero attached hydrogens (tertiary/aromatic N) is 2. The smallest absolute Gasteiger partial charge is 0.217 e. The van der Waals surface area contributed by atoms with Gasteiger partial charge in [0.25, 0.3) is 0 Å². The summed E-state index contributed by atoms with van der Waals surface area (Å²) in [6, 6.07) is 7.51. The Kier molecular flexibility index (Phi) is 4.28. The highest BCUT2D eigenvalue weighted by atomic mass is 79.9. The van der Waals surface area contributed by atoms with Gasteiger partial charge in [0.2, 0.25) is 5.88 Å². The molecule has 0 bridgehead atoms. The van der Waals surface area contributed by atoms with Gasteiger partial charge in [0.15, 0.2) is 0 Å². The van der Waals surface area contributed by atoms with E-state index >= 15 is 0 Å². The van der Waals surface area contributed by atoms with Crippen molar-refractivity contribution in [3.05, 3.63) is 52.4 Å². The number of methoxy groups -OCH3 is 1. The standard InChI is InChI=1S/C13H14BrN3O/c1-18-13-11(3-2-6-16-13)12(15)7-10-5-4-9(14)8-17-10/h2-6,8,12H,7,15H2,1H3. The molecule has 1 unspecified atom stereocenters. The van der Waals surface area contributed by atoms with Crippen molar-refractivity contribution in [3.63, 3.8) is 0 Å². The normalized spacial score (nSPS) is 12.2. The highest BCUT2D eigenvalue weighted by Gasteiger charge is 2.13. The molecule has 0 aliphatic carbocycles. The van der Waals surface area contributed by atoms with Crippen molar-refractivity contribution in [2.24, 2.45) is 5.73 Å². The Bertz CT molecular complexity index is 516. The molecule has 4 nitrogen and oxygen atoms in total. The first-order valence-corrected chi connectivity index (χ1v) is 6.35. The average Bonchev–Trinajstić information content (AvgIpc) is 2.41. The van der Waals surface area contributed by atoms with E-state index in [0.717, 1.165) is 15.7 Å². The van der Waals surface area contributed by atoms with Crippen molar-refractivity contribution < 1.29 is 4.74 Å². The predicted molar refractivity (Wildman–Crippen MR) is 73.4 cm³/mol. The van der Waals surface area contributed by atoms with Crippen molar-refractivity contribution in [2.45, 2.75) is 12.5 Å². The number of nitrogens with two attached hydrogens (primary N) is 1. The Balaban J connectivity index is 2.16. The van der Waals surface area contributed by atoms with Crippen molar-refractivity contribution in [1.82, 2.24) is 9.97 Å². The zero-order valence-electron chi connectivity index (χ0n) is 10.0. The number of aromatic nitrogens is 2. The molecule has 94 valence electrons. The minimum absolute atomic E-state index is 0.178. The maximum atomic E-state index is 6.17. The van der Waals surface area contributed by atoms with Crippen molar-refractivity contribution in [2.75, 3.05) is 7.11 Å². The quantitative estimate of drug-likeness (QED) is 0.942. The van der Waals surface area contributed by atoms with Crippen LogP contribution in [-0.2, 0) is 6.42 Å². The summed E-state index contributed by atoms with van der Waals surface area (Å²) in [5.41, 5.74) is 8.00. The van der Waals surface area contributed by atoms with E-state index < -0.39 is 0 Å². The number of ether oxygens (including phenoxy) is 1. The van der Waals surface area contributed by atoms with E-state index in [1.165, 1.54) is 0 Å². The Labute approximate surface area is 114 Å². The number of pyridine rings is 2. The van der Waals surface area contributed by atoms with Crippen LogP contribution in [0.4, 0.5) is 0 Å². The fourth-order valence-electron chi connectivity index (χ4n) is 1.72. The first-order valence-electron chi connectivity index (χ1n) is 5.55. The van der Waals surface area contributed by atoms with Gasteiger partial charge >= 0.3 is 0 Å². The van der Waals surface area contributed by atoms with Crippen LogP contribution in [0.1, 0.15) is 17.3 Å². The summed E-state index contributed by atoms with van der Waals surface area (Å²) < 4.78 is 6.16. The number of rotatable bonds is 4. The van der Waals surface area contributed by atoms with Gasteiger partial charge in [0.05, 0.1) is 7.11 Å². The molecule has 1 atom stereocenters. The minimum atomic E-state index is -0.178. The highest BCUT2D eigenvalue weighted by molar-refractivity contribution is 9.10. The van der Waals surface area contributed by atoms with Gasteiger partial charge in [-0.1, -0.05) is 6.07 Å². The van der Waals surface area contributed by atoms with Crippen LogP contribution in [0.2, 0.25) is 0 Å². The van der Waals surface area contributed by atoms with Crippen LogP contribution in [-0.4, -0.2) is 17.1 Å². The number of hydrogen-bond donors (Lipinski definition) is 1. The molecular formula is C13H14BrN3O. The molecule has 0 radical (unpaired) electrons. The van der Waals surface area contributed by atoms with Gasteiger partial charge in [-0.2, -0.15) is 0 Å². The molecule has 2 rings (SSSR count). The zero-order valence-corrected chi connectivity index (χ0v) is 11.6. The van der Waals surface area contributed by atoms with Gasteiger partial charge in [-0.05, 0) is 34.1 Å². The Morgan fingerprint density at radius 1 is 1.33 bits per heavy atom. The molecular weight excluding hydrogens is 294 g/mol. The molecule has 0 saturated heterocycles. The van der Waals surface area contributed by atoms with Crippen LogP contribution in [0.15, 0.2) is 41.1 Å². The van der Waals surface area contributed by atoms with Crippen LogP contribution in [0.5, 0.6) is 5.88 Å². The van der Waals surface area contributed by atoms with Crippen molar-refractivity contribution in [1.29, 1.82) is 0 Å². The Morgan fingerprint density at radius 2 is 2.17 bits per heavy atom. The molecule has 5 heteroatoms. The lowest BCUT2D eigenvalue weighted by atomic mass is 10.0. The summed E-state index contributed by atoms with van der Waals surface area (Å²) in [4.78, 5) is 8.46. The topological polar surface area (TPSA) is 61.0 Å². The molecule has 0 aliphatic heterocycles. The molecule has 2 aromatic heterocycles. The van der Waals surface area contributed by atoms with Crippen molar-refractivity contribution >= 4 is 15.9 Å².